The van der Waals surface area contributed by atoms with Crippen LogP contribution in [0.3, 0.4) is 0 Å². The first kappa shape index (κ1) is 11.2. The van der Waals surface area contributed by atoms with Crippen LogP contribution >= 0.6 is 0 Å². The third-order valence-electron chi connectivity index (χ3n) is 3.26. The summed E-state index contributed by atoms with van der Waals surface area (Å²) in [6, 6.07) is -0.115. The van der Waals surface area contributed by atoms with E-state index in [9.17, 15) is 4.79 Å². The monoisotopic (exact) mass is 221 g/mol. The third kappa shape index (κ3) is 1.96. The van der Waals surface area contributed by atoms with Crippen molar-refractivity contribution in [1.82, 2.24) is 14.5 Å². The molecule has 1 aliphatic heterocycles. The van der Waals surface area contributed by atoms with E-state index in [-0.39, 0.29) is 11.9 Å². The first-order valence-corrected chi connectivity index (χ1v) is 6.04. The molecule has 0 saturated carbocycles. The van der Waals surface area contributed by atoms with Crippen LogP contribution < -0.4 is 0 Å². The lowest BCUT2D eigenvalue weighted by molar-refractivity contribution is -0.133. The molecule has 0 N–H and O–H groups in total. The lowest BCUT2D eigenvalue weighted by Crippen LogP contribution is -2.34. The SMILES string of the molecule is CCc1nccn1C(C)C(=O)N1CCCC1. The molecule has 1 saturated heterocycles. The fourth-order valence-electron chi connectivity index (χ4n) is 2.29. The zero-order valence-corrected chi connectivity index (χ0v) is 10.0. The van der Waals surface area contributed by atoms with Crippen molar-refractivity contribution >= 4 is 5.91 Å². The molecule has 16 heavy (non-hydrogen) atoms. The predicted molar refractivity (Wildman–Crippen MR) is 62.1 cm³/mol. The van der Waals surface area contributed by atoms with E-state index in [1.54, 1.807) is 6.20 Å². The Hall–Kier alpha value is -1.32. The average molecular weight is 221 g/mol. The Morgan fingerprint density at radius 2 is 2.19 bits per heavy atom. The Kier molecular flexibility index (Phi) is 3.27. The fraction of sp³-hybridized carbons (Fsp3) is 0.667. The summed E-state index contributed by atoms with van der Waals surface area (Å²) in [5.74, 6) is 1.21. The number of hydrogen-bond donors (Lipinski definition) is 0. The summed E-state index contributed by atoms with van der Waals surface area (Å²) in [5.41, 5.74) is 0. The van der Waals surface area contributed by atoms with Gasteiger partial charge in [-0.25, -0.2) is 4.98 Å². The van der Waals surface area contributed by atoms with E-state index >= 15 is 0 Å². The summed E-state index contributed by atoms with van der Waals surface area (Å²) in [6.45, 7) is 5.85. The minimum absolute atomic E-state index is 0.115. The Morgan fingerprint density at radius 1 is 1.50 bits per heavy atom. The van der Waals surface area contributed by atoms with Gasteiger partial charge in [0.05, 0.1) is 0 Å². The second-order valence-corrected chi connectivity index (χ2v) is 4.31. The zero-order chi connectivity index (χ0) is 11.5. The number of imidazole rings is 1. The fourth-order valence-corrected chi connectivity index (χ4v) is 2.29. The summed E-state index contributed by atoms with van der Waals surface area (Å²) in [5, 5.41) is 0. The van der Waals surface area contributed by atoms with E-state index in [0.717, 1.165) is 38.2 Å². The molecule has 0 radical (unpaired) electrons. The van der Waals surface area contributed by atoms with Gasteiger partial charge < -0.3 is 9.47 Å². The zero-order valence-electron chi connectivity index (χ0n) is 10.0. The molecule has 1 aromatic heterocycles. The van der Waals surface area contributed by atoms with Crippen molar-refractivity contribution in [2.24, 2.45) is 0 Å². The van der Waals surface area contributed by atoms with Crippen molar-refractivity contribution in [3.8, 4) is 0 Å². The van der Waals surface area contributed by atoms with E-state index in [0.29, 0.717) is 0 Å². The average Bonchev–Trinajstić information content (AvgIpc) is 2.97. The summed E-state index contributed by atoms with van der Waals surface area (Å²) < 4.78 is 1.99. The smallest absolute Gasteiger partial charge is 0.245 e. The number of nitrogens with zero attached hydrogens (tertiary/aromatic N) is 3. The second-order valence-electron chi connectivity index (χ2n) is 4.31. The highest BCUT2D eigenvalue weighted by molar-refractivity contribution is 5.80. The lowest BCUT2D eigenvalue weighted by Gasteiger charge is -2.22. The van der Waals surface area contributed by atoms with Crippen molar-refractivity contribution in [2.75, 3.05) is 13.1 Å². The Bertz CT molecular complexity index is 366. The first-order valence-electron chi connectivity index (χ1n) is 6.04. The van der Waals surface area contributed by atoms with Crippen LogP contribution in [-0.4, -0.2) is 33.4 Å². The molecule has 1 atom stereocenters. The quantitative estimate of drug-likeness (QED) is 0.778. The Morgan fingerprint density at radius 3 is 2.81 bits per heavy atom. The van der Waals surface area contributed by atoms with E-state index in [4.69, 9.17) is 0 Å². The highest BCUT2D eigenvalue weighted by atomic mass is 16.2. The Balaban J connectivity index is 2.11. The molecule has 88 valence electrons. The number of carbonyl (C=O) groups is 1. The van der Waals surface area contributed by atoms with E-state index < -0.39 is 0 Å². The van der Waals surface area contributed by atoms with Crippen LogP contribution in [-0.2, 0) is 11.2 Å². The first-order chi connectivity index (χ1) is 7.74. The maximum atomic E-state index is 12.2. The van der Waals surface area contributed by atoms with Gasteiger partial charge in [-0.05, 0) is 19.8 Å². The molecule has 4 nitrogen and oxygen atoms in total. The van der Waals surface area contributed by atoms with Gasteiger partial charge in [-0.3, -0.25) is 4.79 Å². The number of rotatable bonds is 3. The number of amides is 1. The van der Waals surface area contributed by atoms with Gasteiger partial charge in [-0.2, -0.15) is 0 Å². The molecule has 2 heterocycles. The van der Waals surface area contributed by atoms with E-state index in [1.807, 2.05) is 22.6 Å². The van der Waals surface area contributed by atoms with Crippen molar-refractivity contribution < 1.29 is 4.79 Å². The lowest BCUT2D eigenvalue weighted by atomic mass is 10.2. The number of aryl methyl sites for hydroxylation is 1. The van der Waals surface area contributed by atoms with Gasteiger partial charge in [0.1, 0.15) is 11.9 Å². The van der Waals surface area contributed by atoms with Gasteiger partial charge in [0.25, 0.3) is 0 Å². The van der Waals surface area contributed by atoms with Crippen molar-refractivity contribution in [3.63, 3.8) is 0 Å². The van der Waals surface area contributed by atoms with Crippen LogP contribution in [0.1, 0.15) is 38.6 Å². The molecule has 1 amide bonds. The highest BCUT2D eigenvalue weighted by Crippen LogP contribution is 2.17. The van der Waals surface area contributed by atoms with Gasteiger partial charge in [0.15, 0.2) is 0 Å². The second kappa shape index (κ2) is 4.68. The standard InChI is InChI=1S/C12H19N3O/c1-3-11-13-6-9-15(11)10(2)12(16)14-7-4-5-8-14/h6,9-10H,3-5,7-8H2,1-2H3. The van der Waals surface area contributed by atoms with Crippen LogP contribution in [0.15, 0.2) is 12.4 Å². The van der Waals surface area contributed by atoms with E-state index in [2.05, 4.69) is 11.9 Å². The van der Waals surface area contributed by atoms with Gasteiger partial charge in [-0.15, -0.1) is 0 Å². The van der Waals surface area contributed by atoms with Crippen LogP contribution in [0.2, 0.25) is 0 Å². The topological polar surface area (TPSA) is 38.1 Å². The third-order valence-corrected chi connectivity index (χ3v) is 3.26. The molecule has 0 bridgehead atoms. The van der Waals surface area contributed by atoms with Crippen LogP contribution in [0.5, 0.6) is 0 Å². The van der Waals surface area contributed by atoms with Crippen LogP contribution in [0.25, 0.3) is 0 Å². The van der Waals surface area contributed by atoms with Gasteiger partial charge in [0.2, 0.25) is 5.91 Å². The van der Waals surface area contributed by atoms with E-state index in [1.165, 1.54) is 0 Å². The molecule has 0 aliphatic carbocycles. The molecule has 1 aliphatic rings. The minimum atomic E-state index is -0.115. The molecule has 4 heteroatoms. The molecule has 0 aromatic carbocycles. The maximum Gasteiger partial charge on any atom is 0.245 e. The van der Waals surface area contributed by atoms with Gasteiger partial charge in [0, 0.05) is 31.9 Å². The normalized spacial score (nSPS) is 17.8. The van der Waals surface area contributed by atoms with Crippen LogP contribution in [0.4, 0.5) is 0 Å². The predicted octanol–water partition coefficient (Wildman–Crippen LogP) is 1.63. The molecule has 0 spiro atoms. The number of carbonyl (C=O) groups excluding carboxylic acids is 1. The number of likely N-dealkylation sites (tertiary alicyclic amines) is 1. The highest BCUT2D eigenvalue weighted by Gasteiger charge is 2.24. The Labute approximate surface area is 96.3 Å². The molecular weight excluding hydrogens is 202 g/mol. The summed E-state index contributed by atoms with van der Waals surface area (Å²) >= 11 is 0. The molecule has 1 fully saturated rings. The largest absolute Gasteiger partial charge is 0.341 e. The number of hydrogen-bond acceptors (Lipinski definition) is 2. The molecular formula is C12H19N3O. The van der Waals surface area contributed by atoms with Crippen molar-refractivity contribution in [2.45, 2.75) is 39.2 Å². The summed E-state index contributed by atoms with van der Waals surface area (Å²) in [7, 11) is 0. The summed E-state index contributed by atoms with van der Waals surface area (Å²) in [4.78, 5) is 18.4. The summed E-state index contributed by atoms with van der Waals surface area (Å²) in [6.07, 6.45) is 6.82. The van der Waals surface area contributed by atoms with Gasteiger partial charge >= 0.3 is 0 Å². The van der Waals surface area contributed by atoms with Crippen molar-refractivity contribution in [1.29, 1.82) is 0 Å². The molecule has 1 aromatic rings. The maximum absolute atomic E-state index is 12.2. The van der Waals surface area contributed by atoms with Crippen LogP contribution in [0, 0.1) is 0 Å². The minimum Gasteiger partial charge on any atom is -0.341 e. The van der Waals surface area contributed by atoms with Crippen molar-refractivity contribution in [3.05, 3.63) is 18.2 Å². The number of aromatic nitrogens is 2. The molecule has 2 rings (SSSR count). The van der Waals surface area contributed by atoms with Gasteiger partial charge in [-0.1, -0.05) is 6.92 Å². The molecule has 1 unspecified atom stereocenters.